The predicted molar refractivity (Wildman–Crippen MR) is 73.3 cm³/mol. The Kier molecular flexibility index (Phi) is 3.04. The average Bonchev–Trinajstić information content (AvgIpc) is 2.27. The average molecular weight is 249 g/mol. The predicted octanol–water partition coefficient (Wildman–Crippen LogP) is 3.02. The third kappa shape index (κ3) is 1.84. The van der Waals surface area contributed by atoms with E-state index in [-0.39, 0.29) is 11.5 Å². The van der Waals surface area contributed by atoms with Gasteiger partial charge in [0.15, 0.2) is 5.78 Å². The molecule has 0 saturated heterocycles. The number of nitrogens with one attached hydrogen (secondary N) is 1. The highest BCUT2D eigenvalue weighted by molar-refractivity contribution is 5.90. The van der Waals surface area contributed by atoms with Gasteiger partial charge in [-0.15, -0.1) is 0 Å². The molecule has 1 unspecified atom stereocenters. The number of carbonyl (C=O) groups is 1. The maximum absolute atomic E-state index is 13.0. The number of ketones is 1. The lowest BCUT2D eigenvalue weighted by atomic mass is 9.48. The van der Waals surface area contributed by atoms with Crippen LogP contribution in [0.25, 0.3) is 0 Å². The van der Waals surface area contributed by atoms with Crippen LogP contribution < -0.4 is 5.32 Å². The Bertz CT molecular complexity index is 312. The molecule has 18 heavy (non-hydrogen) atoms. The molecule has 4 fully saturated rings. The molecule has 2 heteroatoms. The summed E-state index contributed by atoms with van der Waals surface area (Å²) >= 11 is 0. The van der Waals surface area contributed by atoms with Crippen molar-refractivity contribution in [1.82, 2.24) is 5.32 Å². The van der Waals surface area contributed by atoms with Crippen LogP contribution in [-0.2, 0) is 4.79 Å². The molecule has 0 amide bonds. The zero-order valence-electron chi connectivity index (χ0n) is 12.0. The first kappa shape index (κ1) is 12.7. The fourth-order valence-corrected chi connectivity index (χ4v) is 5.51. The number of hydrogen-bond donors (Lipinski definition) is 1. The van der Waals surface area contributed by atoms with Gasteiger partial charge in [0.2, 0.25) is 0 Å². The minimum Gasteiger partial charge on any atom is -0.310 e. The normalized spacial score (nSPS) is 43.4. The summed E-state index contributed by atoms with van der Waals surface area (Å²) < 4.78 is 0. The van der Waals surface area contributed by atoms with Crippen LogP contribution in [0.3, 0.4) is 0 Å². The Hall–Kier alpha value is -0.370. The van der Waals surface area contributed by atoms with Crippen molar-refractivity contribution < 1.29 is 4.79 Å². The zero-order valence-corrected chi connectivity index (χ0v) is 12.0. The lowest BCUT2D eigenvalue weighted by molar-refractivity contribution is -0.147. The first-order chi connectivity index (χ1) is 8.54. The molecule has 1 atom stereocenters. The fraction of sp³-hybridized carbons (Fsp3) is 0.938. The minimum atomic E-state index is 0.0622. The number of Topliss-reactive ketones (excluding diaryl/α,β-unsaturated/α-hetero) is 1. The molecular formula is C16H27NO. The van der Waals surface area contributed by atoms with Gasteiger partial charge in [-0.05, 0) is 69.2 Å². The molecule has 4 rings (SSSR count). The van der Waals surface area contributed by atoms with Gasteiger partial charge in [-0.25, -0.2) is 0 Å². The largest absolute Gasteiger partial charge is 0.310 e. The fourth-order valence-electron chi connectivity index (χ4n) is 5.51. The van der Waals surface area contributed by atoms with Gasteiger partial charge in [0.05, 0.1) is 6.04 Å². The molecule has 2 nitrogen and oxygen atoms in total. The van der Waals surface area contributed by atoms with Crippen LogP contribution >= 0.6 is 0 Å². The molecule has 4 saturated carbocycles. The van der Waals surface area contributed by atoms with E-state index >= 15 is 0 Å². The Balaban J connectivity index is 1.84. The van der Waals surface area contributed by atoms with Crippen LogP contribution in [0.1, 0.15) is 52.4 Å². The molecular weight excluding hydrogens is 222 g/mol. The summed E-state index contributed by atoms with van der Waals surface area (Å²) in [6.45, 7) is 4.33. The molecule has 102 valence electrons. The molecule has 4 bridgehead atoms. The summed E-state index contributed by atoms with van der Waals surface area (Å²) in [5.41, 5.74) is 0.0622. The van der Waals surface area contributed by atoms with Crippen molar-refractivity contribution in [2.24, 2.45) is 29.1 Å². The monoisotopic (exact) mass is 249 g/mol. The summed E-state index contributed by atoms with van der Waals surface area (Å²) in [4.78, 5) is 13.0. The second-order valence-corrected chi connectivity index (χ2v) is 7.57. The highest BCUT2D eigenvalue weighted by atomic mass is 16.1. The Morgan fingerprint density at radius 3 is 1.83 bits per heavy atom. The van der Waals surface area contributed by atoms with E-state index < -0.39 is 0 Å². The van der Waals surface area contributed by atoms with E-state index in [0.717, 1.165) is 17.8 Å². The highest BCUT2D eigenvalue weighted by Gasteiger charge is 2.55. The maximum Gasteiger partial charge on any atom is 0.156 e. The number of likely N-dealkylation sites (N-methyl/N-ethyl adjacent to an activating group) is 1. The van der Waals surface area contributed by atoms with Gasteiger partial charge in [0.25, 0.3) is 0 Å². The minimum absolute atomic E-state index is 0.0622. The van der Waals surface area contributed by atoms with Gasteiger partial charge in [0.1, 0.15) is 0 Å². The van der Waals surface area contributed by atoms with Gasteiger partial charge in [-0.2, -0.15) is 0 Å². The van der Waals surface area contributed by atoms with Crippen molar-refractivity contribution >= 4 is 5.78 Å². The summed E-state index contributed by atoms with van der Waals surface area (Å²) in [6.07, 6.45) is 7.84. The van der Waals surface area contributed by atoms with Crippen molar-refractivity contribution in [3.05, 3.63) is 0 Å². The van der Waals surface area contributed by atoms with Gasteiger partial charge < -0.3 is 5.32 Å². The van der Waals surface area contributed by atoms with E-state index in [0.29, 0.717) is 11.7 Å². The Morgan fingerprint density at radius 2 is 1.50 bits per heavy atom. The Morgan fingerprint density at radius 1 is 1.06 bits per heavy atom. The molecule has 1 N–H and O–H groups in total. The molecule has 0 aromatic rings. The molecule has 0 aliphatic heterocycles. The van der Waals surface area contributed by atoms with Crippen molar-refractivity contribution in [2.75, 3.05) is 7.05 Å². The Labute approximate surface area is 111 Å². The summed E-state index contributed by atoms with van der Waals surface area (Å²) in [6, 6.07) is 0.0706. The van der Waals surface area contributed by atoms with E-state index in [4.69, 9.17) is 0 Å². The van der Waals surface area contributed by atoms with Crippen LogP contribution in [0.15, 0.2) is 0 Å². The topological polar surface area (TPSA) is 29.1 Å². The number of rotatable bonds is 4. The van der Waals surface area contributed by atoms with Crippen LogP contribution in [0.2, 0.25) is 0 Å². The van der Waals surface area contributed by atoms with E-state index in [1.165, 1.54) is 38.5 Å². The number of carbonyl (C=O) groups excluding carboxylic acids is 1. The van der Waals surface area contributed by atoms with E-state index in [1.807, 2.05) is 7.05 Å². The quantitative estimate of drug-likeness (QED) is 0.830. The maximum atomic E-state index is 13.0. The van der Waals surface area contributed by atoms with Crippen LogP contribution in [0.5, 0.6) is 0 Å². The number of hydrogen-bond acceptors (Lipinski definition) is 2. The second-order valence-electron chi connectivity index (χ2n) is 7.57. The summed E-state index contributed by atoms with van der Waals surface area (Å²) in [5.74, 6) is 3.55. The first-order valence-electron chi connectivity index (χ1n) is 7.75. The van der Waals surface area contributed by atoms with Gasteiger partial charge in [-0.3, -0.25) is 4.79 Å². The van der Waals surface area contributed by atoms with Crippen LogP contribution in [-0.4, -0.2) is 18.9 Å². The zero-order chi connectivity index (χ0) is 12.9. The van der Waals surface area contributed by atoms with Crippen molar-refractivity contribution in [3.8, 4) is 0 Å². The standard InChI is InChI=1S/C16H27NO/c1-10(2)14(17-3)15(18)16-7-11-4-12(8-16)6-13(5-11)9-16/h10-14,17H,4-9H2,1-3H3. The van der Waals surface area contributed by atoms with E-state index in [1.54, 1.807) is 0 Å². The molecule has 4 aliphatic carbocycles. The summed E-state index contributed by atoms with van der Waals surface area (Å²) in [5, 5.41) is 3.28. The van der Waals surface area contributed by atoms with Gasteiger partial charge in [-0.1, -0.05) is 13.8 Å². The van der Waals surface area contributed by atoms with Crippen LogP contribution in [0.4, 0.5) is 0 Å². The summed E-state index contributed by atoms with van der Waals surface area (Å²) in [7, 11) is 1.95. The smallest absolute Gasteiger partial charge is 0.156 e. The molecule has 0 spiro atoms. The molecule has 0 radical (unpaired) electrons. The molecule has 4 aliphatic rings. The van der Waals surface area contributed by atoms with Crippen molar-refractivity contribution in [1.29, 1.82) is 0 Å². The van der Waals surface area contributed by atoms with Crippen molar-refractivity contribution in [3.63, 3.8) is 0 Å². The van der Waals surface area contributed by atoms with E-state index in [2.05, 4.69) is 19.2 Å². The third-order valence-electron chi connectivity index (χ3n) is 5.82. The van der Waals surface area contributed by atoms with Crippen molar-refractivity contribution in [2.45, 2.75) is 58.4 Å². The lowest BCUT2D eigenvalue weighted by Crippen LogP contribution is -2.56. The first-order valence-corrected chi connectivity index (χ1v) is 7.75. The molecule has 0 aromatic carbocycles. The van der Waals surface area contributed by atoms with Gasteiger partial charge in [0, 0.05) is 5.41 Å². The SMILES string of the molecule is CNC(C(=O)C12CC3CC(CC(C3)C1)C2)C(C)C. The molecule has 0 aromatic heterocycles. The van der Waals surface area contributed by atoms with Gasteiger partial charge >= 0.3 is 0 Å². The van der Waals surface area contributed by atoms with E-state index in [9.17, 15) is 4.79 Å². The lowest BCUT2D eigenvalue weighted by Gasteiger charge is -2.56. The molecule has 0 heterocycles. The second kappa shape index (κ2) is 4.33. The third-order valence-corrected chi connectivity index (χ3v) is 5.82. The van der Waals surface area contributed by atoms with Crippen LogP contribution in [0, 0.1) is 29.1 Å². The highest BCUT2D eigenvalue weighted by Crippen LogP contribution is 2.60.